The average molecular weight is 236 g/mol. The summed E-state index contributed by atoms with van der Waals surface area (Å²) in [6.07, 6.45) is 2.10. The summed E-state index contributed by atoms with van der Waals surface area (Å²) in [6.45, 7) is 1.79. The Morgan fingerprint density at radius 3 is 2.83 bits per heavy atom. The first kappa shape index (κ1) is 11.2. The third-order valence-electron chi connectivity index (χ3n) is 1.46. The maximum atomic E-state index is 10.2. The molecule has 0 saturated carbocycles. The number of aryl methyl sites for hydroxylation is 2. The van der Waals surface area contributed by atoms with Gasteiger partial charge in [0.25, 0.3) is 0 Å². The monoisotopic (exact) mass is 235 g/mol. The van der Waals surface area contributed by atoms with E-state index < -0.39 is 5.97 Å². The molecular weight excluding hydrogens is 226 g/mol. The number of hydrogen-bond acceptors (Lipinski definition) is 3. The number of aromatic nitrogens is 1. The number of carboxylic acid groups (broad SMARTS) is 1. The summed E-state index contributed by atoms with van der Waals surface area (Å²) in [5, 5.41) is 12.0. The number of carboxylic acids is 1. The molecule has 0 aliphatic rings. The van der Waals surface area contributed by atoms with Gasteiger partial charge < -0.3 is 9.63 Å². The molecule has 0 aliphatic carbocycles. The fraction of sp³-hybridized carbons (Fsp3) is 0.429. The second kappa shape index (κ2) is 4.92. The van der Waals surface area contributed by atoms with Crippen LogP contribution in [0.25, 0.3) is 0 Å². The summed E-state index contributed by atoms with van der Waals surface area (Å²) < 4.78 is 4.63. The molecule has 0 aliphatic heterocycles. The van der Waals surface area contributed by atoms with Crippen LogP contribution < -0.4 is 0 Å². The minimum absolute atomic E-state index is 0. The van der Waals surface area contributed by atoms with Crippen LogP contribution >= 0.6 is 17.0 Å². The highest BCUT2D eigenvalue weighted by Crippen LogP contribution is 2.07. The smallest absolute Gasteiger partial charge is 0.303 e. The van der Waals surface area contributed by atoms with Gasteiger partial charge in [0.2, 0.25) is 0 Å². The van der Waals surface area contributed by atoms with Crippen molar-refractivity contribution in [1.82, 2.24) is 5.16 Å². The van der Waals surface area contributed by atoms with Gasteiger partial charge in [-0.25, -0.2) is 0 Å². The molecule has 0 saturated heterocycles. The quantitative estimate of drug-likeness (QED) is 0.865. The lowest BCUT2D eigenvalue weighted by Crippen LogP contribution is -1.97. The van der Waals surface area contributed by atoms with E-state index in [1.165, 1.54) is 6.26 Å². The summed E-state index contributed by atoms with van der Waals surface area (Å²) in [5.74, 6) is -0.800. The zero-order chi connectivity index (χ0) is 8.27. The summed E-state index contributed by atoms with van der Waals surface area (Å²) >= 11 is 0. The summed E-state index contributed by atoms with van der Waals surface area (Å²) in [6, 6.07) is 0. The number of rotatable bonds is 3. The van der Waals surface area contributed by atoms with Gasteiger partial charge in [0.05, 0.1) is 5.69 Å². The number of carbonyl (C=O) groups is 1. The minimum Gasteiger partial charge on any atom is -0.481 e. The van der Waals surface area contributed by atoms with Crippen molar-refractivity contribution in [2.45, 2.75) is 19.8 Å². The molecule has 0 bridgehead atoms. The van der Waals surface area contributed by atoms with Crippen LogP contribution in [0.15, 0.2) is 10.8 Å². The SMILES string of the molecule is Br.Cc1nocc1CCC(=O)O. The van der Waals surface area contributed by atoms with Crippen LogP contribution in [0.5, 0.6) is 0 Å². The van der Waals surface area contributed by atoms with Crippen LogP contribution in [0, 0.1) is 6.92 Å². The second-order valence-corrected chi connectivity index (χ2v) is 2.32. The van der Waals surface area contributed by atoms with Gasteiger partial charge in [-0.05, 0) is 13.3 Å². The summed E-state index contributed by atoms with van der Waals surface area (Å²) in [7, 11) is 0. The molecule has 4 nitrogen and oxygen atoms in total. The van der Waals surface area contributed by atoms with E-state index in [4.69, 9.17) is 5.11 Å². The molecule has 0 aromatic carbocycles. The Hall–Kier alpha value is -0.840. The highest BCUT2D eigenvalue weighted by atomic mass is 79.9. The molecule has 12 heavy (non-hydrogen) atoms. The van der Waals surface area contributed by atoms with E-state index in [0.717, 1.165) is 11.3 Å². The third kappa shape index (κ3) is 3.04. The fourth-order valence-electron chi connectivity index (χ4n) is 0.794. The van der Waals surface area contributed by atoms with Crippen LogP contribution in [-0.4, -0.2) is 16.2 Å². The first-order valence-electron chi connectivity index (χ1n) is 3.32. The predicted molar refractivity (Wildman–Crippen MR) is 47.5 cm³/mol. The predicted octanol–water partition coefficient (Wildman–Crippen LogP) is 1.58. The van der Waals surface area contributed by atoms with Gasteiger partial charge >= 0.3 is 5.97 Å². The van der Waals surface area contributed by atoms with Crippen molar-refractivity contribution in [3.8, 4) is 0 Å². The van der Waals surface area contributed by atoms with Crippen LogP contribution in [-0.2, 0) is 11.2 Å². The molecule has 0 atom stereocenters. The largest absolute Gasteiger partial charge is 0.481 e. The van der Waals surface area contributed by atoms with Crippen molar-refractivity contribution < 1.29 is 14.4 Å². The number of hydrogen-bond donors (Lipinski definition) is 1. The van der Waals surface area contributed by atoms with Gasteiger partial charge in [0.1, 0.15) is 6.26 Å². The topological polar surface area (TPSA) is 63.3 Å². The molecule has 1 aromatic rings. The molecule has 1 aromatic heterocycles. The van der Waals surface area contributed by atoms with E-state index in [-0.39, 0.29) is 23.4 Å². The zero-order valence-electron chi connectivity index (χ0n) is 6.61. The third-order valence-corrected chi connectivity index (χ3v) is 1.46. The minimum atomic E-state index is -0.800. The Morgan fingerprint density at radius 2 is 2.42 bits per heavy atom. The molecule has 0 fully saturated rings. The van der Waals surface area contributed by atoms with Gasteiger partial charge in [-0.15, -0.1) is 17.0 Å². The zero-order valence-corrected chi connectivity index (χ0v) is 8.32. The van der Waals surface area contributed by atoms with Crippen molar-refractivity contribution in [2.75, 3.05) is 0 Å². The summed E-state index contributed by atoms with van der Waals surface area (Å²) in [4.78, 5) is 10.2. The molecule has 1 rings (SSSR count). The first-order chi connectivity index (χ1) is 5.20. The van der Waals surface area contributed by atoms with Gasteiger partial charge in [-0.3, -0.25) is 4.79 Å². The van der Waals surface area contributed by atoms with E-state index >= 15 is 0 Å². The average Bonchev–Trinajstić information content (AvgIpc) is 2.31. The Balaban J connectivity index is 0.00000121. The maximum absolute atomic E-state index is 10.2. The van der Waals surface area contributed by atoms with Crippen molar-refractivity contribution >= 4 is 23.0 Å². The number of aliphatic carboxylic acids is 1. The van der Waals surface area contributed by atoms with E-state index in [1.807, 2.05) is 0 Å². The Kier molecular flexibility index (Phi) is 4.58. The van der Waals surface area contributed by atoms with Crippen LogP contribution in [0.1, 0.15) is 17.7 Å². The first-order valence-corrected chi connectivity index (χ1v) is 3.32. The van der Waals surface area contributed by atoms with Crippen molar-refractivity contribution in [2.24, 2.45) is 0 Å². The van der Waals surface area contributed by atoms with Gasteiger partial charge in [-0.2, -0.15) is 0 Å². The molecule has 0 amide bonds. The van der Waals surface area contributed by atoms with Crippen molar-refractivity contribution in [1.29, 1.82) is 0 Å². The molecule has 5 heteroatoms. The van der Waals surface area contributed by atoms with E-state index in [0.29, 0.717) is 6.42 Å². The molecule has 1 heterocycles. The number of nitrogens with zero attached hydrogens (tertiary/aromatic N) is 1. The molecule has 68 valence electrons. The molecule has 1 N–H and O–H groups in total. The van der Waals surface area contributed by atoms with Gasteiger partial charge in [0, 0.05) is 12.0 Å². The van der Waals surface area contributed by atoms with E-state index in [1.54, 1.807) is 6.92 Å². The van der Waals surface area contributed by atoms with Crippen LogP contribution in [0.4, 0.5) is 0 Å². The highest BCUT2D eigenvalue weighted by Gasteiger charge is 2.04. The molecule has 0 unspecified atom stereocenters. The van der Waals surface area contributed by atoms with Gasteiger partial charge in [0.15, 0.2) is 0 Å². The molecular formula is C7H10BrNO3. The van der Waals surface area contributed by atoms with E-state index in [2.05, 4.69) is 9.68 Å². The van der Waals surface area contributed by atoms with Crippen molar-refractivity contribution in [3.05, 3.63) is 17.5 Å². The second-order valence-electron chi connectivity index (χ2n) is 2.32. The van der Waals surface area contributed by atoms with E-state index in [9.17, 15) is 4.79 Å². The fourth-order valence-corrected chi connectivity index (χ4v) is 0.794. The Labute approximate surface area is 80.3 Å². The standard InChI is InChI=1S/C7H9NO3.BrH/c1-5-6(4-11-8-5)2-3-7(9)10;/h4H,2-3H2,1H3,(H,9,10);1H. The van der Waals surface area contributed by atoms with Gasteiger partial charge in [-0.1, -0.05) is 5.16 Å². The maximum Gasteiger partial charge on any atom is 0.303 e. The van der Waals surface area contributed by atoms with Crippen LogP contribution in [0.2, 0.25) is 0 Å². The lowest BCUT2D eigenvalue weighted by Gasteiger charge is -1.91. The molecule has 0 spiro atoms. The Morgan fingerprint density at radius 1 is 1.75 bits per heavy atom. The van der Waals surface area contributed by atoms with Crippen molar-refractivity contribution in [3.63, 3.8) is 0 Å². The molecule has 0 radical (unpaired) electrons. The van der Waals surface area contributed by atoms with Crippen LogP contribution in [0.3, 0.4) is 0 Å². The lowest BCUT2D eigenvalue weighted by molar-refractivity contribution is -0.136. The lowest BCUT2D eigenvalue weighted by atomic mass is 10.1. The number of halogens is 1. The Bertz CT molecular complexity index is 259. The normalized spacial score (nSPS) is 9.08. The summed E-state index contributed by atoms with van der Waals surface area (Å²) in [5.41, 5.74) is 1.64. The highest BCUT2D eigenvalue weighted by molar-refractivity contribution is 8.93.